The van der Waals surface area contributed by atoms with Crippen LogP contribution in [0.4, 0.5) is 5.69 Å². The van der Waals surface area contributed by atoms with Crippen molar-refractivity contribution in [3.8, 4) is 0 Å². The van der Waals surface area contributed by atoms with Gasteiger partial charge in [0.25, 0.3) is 6.20 Å². The molecule has 1 aromatic rings. The molecule has 0 aromatic heterocycles. The largest absolute Gasteiger partial charge is 0.336 e. The third-order valence-corrected chi connectivity index (χ3v) is 2.53. The molecule has 0 fully saturated rings. The summed E-state index contributed by atoms with van der Waals surface area (Å²) in [5.41, 5.74) is 2.72. The van der Waals surface area contributed by atoms with Crippen LogP contribution >= 0.6 is 0 Å². The van der Waals surface area contributed by atoms with Crippen LogP contribution in [-0.4, -0.2) is 11.5 Å². The molecule has 2 rings (SSSR count). The molecule has 0 N–H and O–H groups in total. The SMILES string of the molecule is CCN1C(=C[N+](=O)[O-])C=Cc2ccccc21. The number of rotatable bonds is 2. The number of nitro groups is 1. The summed E-state index contributed by atoms with van der Waals surface area (Å²) < 4.78 is 0. The highest BCUT2D eigenvalue weighted by Gasteiger charge is 2.17. The van der Waals surface area contributed by atoms with E-state index in [0.29, 0.717) is 12.2 Å². The highest BCUT2D eigenvalue weighted by Crippen LogP contribution is 2.30. The lowest BCUT2D eigenvalue weighted by Gasteiger charge is -2.27. The predicted molar refractivity (Wildman–Crippen MR) is 63.6 cm³/mol. The van der Waals surface area contributed by atoms with Crippen LogP contribution in [0.1, 0.15) is 12.5 Å². The van der Waals surface area contributed by atoms with Gasteiger partial charge in [-0.05, 0) is 24.6 Å². The highest BCUT2D eigenvalue weighted by atomic mass is 16.6. The molecule has 16 heavy (non-hydrogen) atoms. The minimum atomic E-state index is -0.420. The molecule has 1 aliphatic rings. The molecule has 0 spiro atoms. The quantitative estimate of drug-likeness (QED) is 0.564. The molecule has 1 aromatic carbocycles. The Morgan fingerprint density at radius 2 is 2.12 bits per heavy atom. The second-order valence-electron chi connectivity index (χ2n) is 3.48. The predicted octanol–water partition coefficient (Wildman–Crippen LogP) is 2.66. The van der Waals surface area contributed by atoms with Crippen LogP contribution in [0.25, 0.3) is 6.08 Å². The molecule has 1 aliphatic heterocycles. The first kappa shape index (κ1) is 10.4. The van der Waals surface area contributed by atoms with Crippen molar-refractivity contribution in [2.24, 2.45) is 0 Å². The Bertz CT molecular complexity index is 478. The highest BCUT2D eigenvalue weighted by molar-refractivity contribution is 5.76. The van der Waals surface area contributed by atoms with Crippen molar-refractivity contribution in [1.82, 2.24) is 0 Å². The maximum atomic E-state index is 10.5. The third kappa shape index (κ3) is 1.82. The van der Waals surface area contributed by atoms with Crippen LogP contribution in [0.5, 0.6) is 0 Å². The first-order chi connectivity index (χ1) is 7.72. The molecule has 0 amide bonds. The maximum Gasteiger partial charge on any atom is 0.257 e. The molecule has 4 nitrogen and oxygen atoms in total. The molecule has 0 bridgehead atoms. The van der Waals surface area contributed by atoms with Crippen molar-refractivity contribution in [3.63, 3.8) is 0 Å². The standard InChI is InChI=1S/C12H12N2O2/c1-2-13-11(9-14(15)16)8-7-10-5-3-4-6-12(10)13/h3-9H,2H2,1H3. The Morgan fingerprint density at radius 3 is 2.81 bits per heavy atom. The second kappa shape index (κ2) is 4.18. The van der Waals surface area contributed by atoms with Gasteiger partial charge in [0.2, 0.25) is 0 Å². The smallest absolute Gasteiger partial charge is 0.257 e. The van der Waals surface area contributed by atoms with Crippen LogP contribution in [0.15, 0.2) is 42.2 Å². The van der Waals surface area contributed by atoms with Crippen LogP contribution in [-0.2, 0) is 0 Å². The first-order valence-corrected chi connectivity index (χ1v) is 5.12. The van der Waals surface area contributed by atoms with Gasteiger partial charge in [-0.15, -0.1) is 0 Å². The molecule has 4 heteroatoms. The normalized spacial score (nSPS) is 16.3. The summed E-state index contributed by atoms with van der Waals surface area (Å²) in [6.07, 6.45) is 4.71. The Hall–Kier alpha value is -2.10. The maximum absolute atomic E-state index is 10.5. The Morgan fingerprint density at radius 1 is 1.38 bits per heavy atom. The van der Waals surface area contributed by atoms with Gasteiger partial charge in [0.05, 0.1) is 4.92 Å². The molecule has 0 saturated heterocycles. The van der Waals surface area contributed by atoms with Gasteiger partial charge in [-0.25, -0.2) is 0 Å². The molecule has 1 heterocycles. The molecule has 0 atom stereocenters. The Labute approximate surface area is 93.6 Å². The summed E-state index contributed by atoms with van der Waals surface area (Å²) >= 11 is 0. The average molecular weight is 216 g/mol. The zero-order valence-corrected chi connectivity index (χ0v) is 8.96. The fourth-order valence-electron chi connectivity index (χ4n) is 1.85. The van der Waals surface area contributed by atoms with Gasteiger partial charge in [0.1, 0.15) is 5.70 Å². The molecule has 0 saturated carbocycles. The van der Waals surface area contributed by atoms with Crippen LogP contribution < -0.4 is 4.90 Å². The van der Waals surface area contributed by atoms with E-state index >= 15 is 0 Å². The van der Waals surface area contributed by atoms with E-state index in [1.165, 1.54) is 0 Å². The average Bonchev–Trinajstić information content (AvgIpc) is 2.28. The fourth-order valence-corrected chi connectivity index (χ4v) is 1.85. The van der Waals surface area contributed by atoms with E-state index in [0.717, 1.165) is 17.5 Å². The number of likely N-dealkylation sites (N-methyl/N-ethyl adjacent to an activating group) is 1. The lowest BCUT2D eigenvalue weighted by molar-refractivity contribution is -0.403. The minimum Gasteiger partial charge on any atom is -0.336 e. The van der Waals surface area contributed by atoms with E-state index < -0.39 is 4.92 Å². The summed E-state index contributed by atoms with van der Waals surface area (Å²) in [7, 11) is 0. The van der Waals surface area contributed by atoms with Gasteiger partial charge in [0, 0.05) is 12.2 Å². The van der Waals surface area contributed by atoms with Gasteiger partial charge in [0.15, 0.2) is 0 Å². The summed E-state index contributed by atoms with van der Waals surface area (Å²) in [4.78, 5) is 12.0. The Kier molecular flexibility index (Phi) is 2.72. The van der Waals surface area contributed by atoms with E-state index in [2.05, 4.69) is 0 Å². The van der Waals surface area contributed by atoms with Crippen molar-refractivity contribution in [2.75, 3.05) is 11.4 Å². The fraction of sp³-hybridized carbons (Fsp3) is 0.167. The van der Waals surface area contributed by atoms with E-state index in [9.17, 15) is 10.1 Å². The summed E-state index contributed by atoms with van der Waals surface area (Å²) in [6.45, 7) is 2.69. The number of fused-ring (bicyclic) bond motifs is 1. The molecule has 0 aliphatic carbocycles. The lowest BCUT2D eigenvalue weighted by Crippen LogP contribution is -2.24. The number of allylic oxidation sites excluding steroid dienone is 1. The zero-order valence-electron chi connectivity index (χ0n) is 8.96. The number of anilines is 1. The second-order valence-corrected chi connectivity index (χ2v) is 3.48. The van der Waals surface area contributed by atoms with Crippen molar-refractivity contribution in [2.45, 2.75) is 6.92 Å². The van der Waals surface area contributed by atoms with Crippen molar-refractivity contribution >= 4 is 11.8 Å². The number of benzene rings is 1. The molecule has 82 valence electrons. The van der Waals surface area contributed by atoms with Crippen LogP contribution in [0.2, 0.25) is 0 Å². The van der Waals surface area contributed by atoms with Gasteiger partial charge in [-0.3, -0.25) is 10.1 Å². The Balaban J connectivity index is 2.48. The lowest BCUT2D eigenvalue weighted by atomic mass is 10.1. The monoisotopic (exact) mass is 216 g/mol. The van der Waals surface area contributed by atoms with E-state index in [1.54, 1.807) is 6.08 Å². The van der Waals surface area contributed by atoms with Gasteiger partial charge >= 0.3 is 0 Å². The molecule has 0 unspecified atom stereocenters. The van der Waals surface area contributed by atoms with Crippen molar-refractivity contribution < 1.29 is 4.92 Å². The van der Waals surface area contributed by atoms with Gasteiger partial charge in [-0.2, -0.15) is 0 Å². The minimum absolute atomic E-state index is 0.420. The molecular formula is C12H12N2O2. The summed E-state index contributed by atoms with van der Waals surface area (Å²) in [5, 5.41) is 10.5. The number of nitrogens with zero attached hydrogens (tertiary/aromatic N) is 2. The van der Waals surface area contributed by atoms with Gasteiger partial charge < -0.3 is 4.90 Å². The number of para-hydroxylation sites is 1. The van der Waals surface area contributed by atoms with Crippen molar-refractivity contribution in [1.29, 1.82) is 0 Å². The molecular weight excluding hydrogens is 204 g/mol. The first-order valence-electron chi connectivity index (χ1n) is 5.12. The van der Waals surface area contributed by atoms with Crippen LogP contribution in [0, 0.1) is 10.1 Å². The molecule has 0 radical (unpaired) electrons. The van der Waals surface area contributed by atoms with E-state index in [4.69, 9.17) is 0 Å². The van der Waals surface area contributed by atoms with E-state index in [-0.39, 0.29) is 0 Å². The zero-order chi connectivity index (χ0) is 11.5. The van der Waals surface area contributed by atoms with E-state index in [1.807, 2.05) is 42.2 Å². The summed E-state index contributed by atoms with van der Waals surface area (Å²) in [6, 6.07) is 7.86. The van der Waals surface area contributed by atoms with Crippen molar-refractivity contribution in [3.05, 3.63) is 57.9 Å². The summed E-state index contributed by atoms with van der Waals surface area (Å²) in [5.74, 6) is 0. The number of hydrogen-bond acceptors (Lipinski definition) is 3. The van der Waals surface area contributed by atoms with Crippen LogP contribution in [0.3, 0.4) is 0 Å². The number of hydrogen-bond donors (Lipinski definition) is 0. The van der Waals surface area contributed by atoms with Gasteiger partial charge in [-0.1, -0.05) is 24.3 Å². The topological polar surface area (TPSA) is 46.4 Å². The third-order valence-electron chi connectivity index (χ3n) is 2.53.